The van der Waals surface area contributed by atoms with Gasteiger partial charge in [-0.05, 0) is 54.5 Å². The molecule has 1 saturated carbocycles. The van der Waals surface area contributed by atoms with Gasteiger partial charge in [-0.2, -0.15) is 0 Å². The van der Waals surface area contributed by atoms with Gasteiger partial charge in [0.2, 0.25) is 0 Å². The summed E-state index contributed by atoms with van der Waals surface area (Å²) < 4.78 is 14.3. The van der Waals surface area contributed by atoms with E-state index in [0.717, 1.165) is 23.0 Å². The predicted octanol–water partition coefficient (Wildman–Crippen LogP) is 4.15. The molecular weight excluding hydrogens is 293 g/mol. The third-order valence-electron chi connectivity index (χ3n) is 3.99. The minimum Gasteiger partial charge on any atom is -0.314 e. The fourth-order valence-electron chi connectivity index (χ4n) is 2.75. The van der Waals surface area contributed by atoms with Crippen LogP contribution in [0.4, 0.5) is 4.39 Å². The predicted molar refractivity (Wildman–Crippen MR) is 77.2 cm³/mol. The number of hydrogen-bond donors (Lipinski definition) is 1. The van der Waals surface area contributed by atoms with Crippen LogP contribution in [0.25, 0.3) is 0 Å². The molecular formula is C15H21BrFN. The van der Waals surface area contributed by atoms with Gasteiger partial charge in [-0.25, -0.2) is 4.39 Å². The fraction of sp³-hybridized carbons (Fsp3) is 0.600. The first-order valence-corrected chi connectivity index (χ1v) is 7.40. The van der Waals surface area contributed by atoms with E-state index in [1.54, 1.807) is 12.1 Å². The Morgan fingerprint density at radius 2 is 2.17 bits per heavy atom. The van der Waals surface area contributed by atoms with Crippen molar-refractivity contribution in [2.75, 3.05) is 6.54 Å². The van der Waals surface area contributed by atoms with E-state index < -0.39 is 0 Å². The van der Waals surface area contributed by atoms with E-state index in [2.05, 4.69) is 42.0 Å². The summed E-state index contributed by atoms with van der Waals surface area (Å²) in [6.07, 6.45) is 2.15. The Labute approximate surface area is 117 Å². The van der Waals surface area contributed by atoms with E-state index >= 15 is 0 Å². The van der Waals surface area contributed by atoms with E-state index in [0.29, 0.717) is 17.4 Å². The van der Waals surface area contributed by atoms with Gasteiger partial charge in [0.05, 0.1) is 0 Å². The Morgan fingerprint density at radius 3 is 2.72 bits per heavy atom. The zero-order valence-electron chi connectivity index (χ0n) is 11.3. The molecule has 1 aromatic carbocycles. The van der Waals surface area contributed by atoms with Crippen molar-refractivity contribution in [3.63, 3.8) is 0 Å². The maximum Gasteiger partial charge on any atom is 0.123 e. The minimum atomic E-state index is -0.154. The van der Waals surface area contributed by atoms with Crippen molar-refractivity contribution >= 4 is 15.9 Å². The smallest absolute Gasteiger partial charge is 0.123 e. The molecule has 1 fully saturated rings. The van der Waals surface area contributed by atoms with Crippen molar-refractivity contribution in [1.29, 1.82) is 0 Å². The van der Waals surface area contributed by atoms with Gasteiger partial charge in [0.1, 0.15) is 5.82 Å². The Kier molecular flexibility index (Phi) is 4.12. The number of halogens is 2. The molecule has 2 unspecified atom stereocenters. The molecule has 0 saturated heterocycles. The molecule has 1 aliphatic carbocycles. The van der Waals surface area contributed by atoms with Crippen LogP contribution in [0.1, 0.15) is 32.8 Å². The molecule has 18 heavy (non-hydrogen) atoms. The Balaban J connectivity index is 2.11. The number of likely N-dealkylation sites (N-methyl/N-ethyl adjacent to an activating group) is 1. The summed E-state index contributed by atoms with van der Waals surface area (Å²) in [6.45, 7) is 7.71. The van der Waals surface area contributed by atoms with Crippen molar-refractivity contribution in [3.05, 3.63) is 34.1 Å². The third kappa shape index (κ3) is 3.12. The van der Waals surface area contributed by atoms with E-state index in [1.807, 2.05) is 0 Å². The quantitative estimate of drug-likeness (QED) is 0.861. The van der Waals surface area contributed by atoms with Crippen molar-refractivity contribution in [3.8, 4) is 0 Å². The van der Waals surface area contributed by atoms with Crippen molar-refractivity contribution < 1.29 is 4.39 Å². The zero-order chi connectivity index (χ0) is 13.3. The molecule has 1 N–H and O–H groups in total. The standard InChI is InChI=1S/C15H21BrFN/c1-4-18-14(12-9-15(12,2)3)8-10-7-11(17)5-6-13(10)16/h5-7,12,14,18H,4,8-9H2,1-3H3. The Bertz CT molecular complexity index is 431. The highest BCUT2D eigenvalue weighted by Crippen LogP contribution is 2.54. The molecule has 1 nitrogen and oxygen atoms in total. The van der Waals surface area contributed by atoms with Crippen LogP contribution in [0.15, 0.2) is 22.7 Å². The molecule has 2 atom stereocenters. The van der Waals surface area contributed by atoms with Crippen molar-refractivity contribution in [1.82, 2.24) is 5.32 Å². The summed E-state index contributed by atoms with van der Waals surface area (Å²) >= 11 is 3.51. The molecule has 100 valence electrons. The maximum absolute atomic E-state index is 13.3. The lowest BCUT2D eigenvalue weighted by Crippen LogP contribution is -2.34. The third-order valence-corrected chi connectivity index (χ3v) is 4.76. The monoisotopic (exact) mass is 313 g/mol. The zero-order valence-corrected chi connectivity index (χ0v) is 12.8. The second-order valence-electron chi connectivity index (χ2n) is 5.90. The minimum absolute atomic E-state index is 0.154. The van der Waals surface area contributed by atoms with Crippen LogP contribution in [0.5, 0.6) is 0 Å². The second kappa shape index (κ2) is 5.30. The van der Waals surface area contributed by atoms with Gasteiger partial charge >= 0.3 is 0 Å². The first-order valence-electron chi connectivity index (χ1n) is 6.61. The highest BCUT2D eigenvalue weighted by Gasteiger charge is 2.49. The Hall–Kier alpha value is -0.410. The van der Waals surface area contributed by atoms with Crippen LogP contribution < -0.4 is 5.32 Å². The molecule has 2 rings (SSSR count). The van der Waals surface area contributed by atoms with Crippen LogP contribution in [0.2, 0.25) is 0 Å². The van der Waals surface area contributed by atoms with Crippen LogP contribution in [-0.2, 0) is 6.42 Å². The Morgan fingerprint density at radius 1 is 1.50 bits per heavy atom. The normalized spacial score (nSPS) is 22.8. The fourth-order valence-corrected chi connectivity index (χ4v) is 3.16. The summed E-state index contributed by atoms with van der Waals surface area (Å²) in [5.41, 5.74) is 1.50. The van der Waals surface area contributed by atoms with Crippen molar-refractivity contribution in [2.24, 2.45) is 11.3 Å². The molecule has 0 bridgehead atoms. The van der Waals surface area contributed by atoms with Crippen LogP contribution in [0.3, 0.4) is 0 Å². The molecule has 0 amide bonds. The summed E-state index contributed by atoms with van der Waals surface area (Å²) in [5.74, 6) is 0.547. The molecule has 1 aliphatic rings. The van der Waals surface area contributed by atoms with Crippen LogP contribution in [0, 0.1) is 17.2 Å². The summed E-state index contributed by atoms with van der Waals surface area (Å²) in [6, 6.07) is 5.38. The number of benzene rings is 1. The second-order valence-corrected chi connectivity index (χ2v) is 6.76. The van der Waals surface area contributed by atoms with E-state index in [1.165, 1.54) is 12.5 Å². The van der Waals surface area contributed by atoms with Gasteiger partial charge in [-0.3, -0.25) is 0 Å². The van der Waals surface area contributed by atoms with Gasteiger partial charge in [0.25, 0.3) is 0 Å². The molecule has 0 spiro atoms. The van der Waals surface area contributed by atoms with Gasteiger partial charge in [0.15, 0.2) is 0 Å². The maximum atomic E-state index is 13.3. The van der Waals surface area contributed by atoms with Gasteiger partial charge in [-0.15, -0.1) is 0 Å². The number of hydrogen-bond acceptors (Lipinski definition) is 1. The van der Waals surface area contributed by atoms with Crippen LogP contribution in [-0.4, -0.2) is 12.6 Å². The van der Waals surface area contributed by atoms with Crippen molar-refractivity contribution in [2.45, 2.75) is 39.7 Å². The lowest BCUT2D eigenvalue weighted by Gasteiger charge is -2.20. The molecule has 0 heterocycles. The van der Waals surface area contributed by atoms with Gasteiger partial charge in [-0.1, -0.05) is 36.7 Å². The summed E-state index contributed by atoms with van der Waals surface area (Å²) in [5, 5.41) is 3.55. The lowest BCUT2D eigenvalue weighted by atomic mass is 9.97. The van der Waals surface area contributed by atoms with Gasteiger partial charge in [0, 0.05) is 10.5 Å². The largest absolute Gasteiger partial charge is 0.314 e. The highest BCUT2D eigenvalue weighted by atomic mass is 79.9. The number of nitrogens with one attached hydrogen (secondary N) is 1. The molecule has 0 aromatic heterocycles. The molecule has 1 aromatic rings. The molecule has 0 aliphatic heterocycles. The first-order chi connectivity index (χ1) is 8.44. The first kappa shape index (κ1) is 14.0. The topological polar surface area (TPSA) is 12.0 Å². The van der Waals surface area contributed by atoms with Crippen LogP contribution >= 0.6 is 15.9 Å². The van der Waals surface area contributed by atoms with E-state index in [-0.39, 0.29) is 5.82 Å². The molecule has 3 heteroatoms. The van der Waals surface area contributed by atoms with E-state index in [4.69, 9.17) is 0 Å². The summed E-state index contributed by atoms with van der Waals surface area (Å²) in [7, 11) is 0. The van der Waals surface area contributed by atoms with Gasteiger partial charge < -0.3 is 5.32 Å². The number of rotatable bonds is 5. The van der Waals surface area contributed by atoms with E-state index in [9.17, 15) is 4.39 Å². The average Bonchev–Trinajstić information content (AvgIpc) is 2.92. The SMILES string of the molecule is CCNC(Cc1cc(F)ccc1Br)C1CC1(C)C. The lowest BCUT2D eigenvalue weighted by molar-refractivity contribution is 0.408. The molecule has 0 radical (unpaired) electrons. The highest BCUT2D eigenvalue weighted by molar-refractivity contribution is 9.10. The summed E-state index contributed by atoms with van der Waals surface area (Å²) in [4.78, 5) is 0. The average molecular weight is 314 g/mol.